The number of esters is 1. The Morgan fingerprint density at radius 2 is 2.19 bits per heavy atom. The maximum Gasteiger partial charge on any atom is 0.362 e. The summed E-state index contributed by atoms with van der Waals surface area (Å²) >= 11 is 1.43. The first-order chi connectivity index (χ1) is 10.1. The van der Waals surface area contributed by atoms with Crippen LogP contribution in [-0.4, -0.2) is 41.8 Å². The van der Waals surface area contributed by atoms with Gasteiger partial charge in [0.05, 0.1) is 17.2 Å². The van der Waals surface area contributed by atoms with E-state index >= 15 is 0 Å². The lowest BCUT2D eigenvalue weighted by molar-refractivity contribution is -0.103. The summed E-state index contributed by atoms with van der Waals surface area (Å²) < 4.78 is 16.7. The van der Waals surface area contributed by atoms with E-state index in [9.17, 15) is 4.79 Å². The molecule has 0 fully saturated rings. The van der Waals surface area contributed by atoms with Crippen LogP contribution in [0.3, 0.4) is 0 Å². The van der Waals surface area contributed by atoms with E-state index in [2.05, 4.69) is 10.3 Å². The van der Waals surface area contributed by atoms with Gasteiger partial charge in [-0.05, 0) is 18.4 Å². The van der Waals surface area contributed by atoms with Crippen LogP contribution >= 0.6 is 11.3 Å². The number of nitrogens with two attached hydrogens (primary N) is 1. The highest BCUT2D eigenvalue weighted by Gasteiger charge is 2.23. The molecule has 2 aromatic heterocycles. The molecule has 9 heteroatoms. The van der Waals surface area contributed by atoms with E-state index in [0.717, 1.165) is 4.88 Å². The summed E-state index contributed by atoms with van der Waals surface area (Å²) in [5.41, 5.74) is 6.57. The molecule has 0 saturated carbocycles. The van der Waals surface area contributed by atoms with Crippen LogP contribution in [0.15, 0.2) is 11.4 Å². The fourth-order valence-corrected chi connectivity index (χ4v) is 2.71. The van der Waals surface area contributed by atoms with Gasteiger partial charge < -0.3 is 19.9 Å². The van der Waals surface area contributed by atoms with E-state index in [0.29, 0.717) is 5.69 Å². The molecule has 0 spiro atoms. The third kappa shape index (κ3) is 2.89. The number of methoxy groups -OCH3 is 2. The van der Waals surface area contributed by atoms with Crippen LogP contribution in [-0.2, 0) is 14.2 Å². The zero-order valence-corrected chi connectivity index (χ0v) is 12.7. The van der Waals surface area contributed by atoms with Gasteiger partial charge in [-0.3, -0.25) is 0 Å². The number of anilines is 1. The zero-order chi connectivity index (χ0) is 15.4. The summed E-state index contributed by atoms with van der Waals surface area (Å²) in [7, 11) is 3.07. The van der Waals surface area contributed by atoms with E-state index in [1.807, 2.05) is 5.38 Å². The molecule has 2 heterocycles. The summed E-state index contributed by atoms with van der Waals surface area (Å²) in [6.07, 6.45) is -0.547. The summed E-state index contributed by atoms with van der Waals surface area (Å²) in [4.78, 5) is 12.5. The Hall–Kier alpha value is -1.97. The van der Waals surface area contributed by atoms with Crippen molar-refractivity contribution in [2.24, 2.45) is 0 Å². The summed E-state index contributed by atoms with van der Waals surface area (Å²) in [5, 5.41) is 9.54. The quantitative estimate of drug-likeness (QED) is 0.635. The maximum atomic E-state index is 11.7. The molecule has 2 rings (SSSR count). The van der Waals surface area contributed by atoms with Gasteiger partial charge in [-0.15, -0.1) is 16.4 Å². The Labute approximate surface area is 125 Å². The third-order valence-corrected chi connectivity index (χ3v) is 3.65. The van der Waals surface area contributed by atoms with Crippen LogP contribution in [0.1, 0.15) is 28.6 Å². The molecule has 0 radical (unpaired) electrons. The summed E-state index contributed by atoms with van der Waals surface area (Å²) in [5.74, 6) is -0.493. The first-order valence-electron chi connectivity index (χ1n) is 6.15. The van der Waals surface area contributed by atoms with Gasteiger partial charge in [-0.2, -0.15) is 4.68 Å². The highest BCUT2D eigenvalue weighted by Crippen LogP contribution is 2.31. The Balaban J connectivity index is 2.40. The van der Waals surface area contributed by atoms with Crippen molar-refractivity contribution in [1.82, 2.24) is 15.0 Å². The Bertz CT molecular complexity index is 621. The lowest BCUT2D eigenvalue weighted by Gasteiger charge is -2.13. The van der Waals surface area contributed by atoms with Crippen LogP contribution in [0.25, 0.3) is 5.69 Å². The van der Waals surface area contributed by atoms with E-state index < -0.39 is 12.3 Å². The number of carbonyl (C=O) groups excluding carboxylic acids is 1. The monoisotopic (exact) mass is 312 g/mol. The van der Waals surface area contributed by atoms with Gasteiger partial charge in [0, 0.05) is 14.2 Å². The van der Waals surface area contributed by atoms with Crippen molar-refractivity contribution in [3.05, 3.63) is 22.0 Å². The second-order valence-electron chi connectivity index (χ2n) is 3.93. The first-order valence-corrected chi connectivity index (χ1v) is 7.03. The van der Waals surface area contributed by atoms with Crippen molar-refractivity contribution in [3.8, 4) is 5.69 Å². The number of hydrogen-bond donors (Lipinski definition) is 1. The molecule has 0 aliphatic rings. The minimum atomic E-state index is -0.604. The van der Waals surface area contributed by atoms with Crippen LogP contribution in [0.2, 0.25) is 0 Å². The Morgan fingerprint density at radius 1 is 1.48 bits per heavy atom. The SMILES string of the molecule is CCOC(=O)c1nnn(-c2ccsc2C(OC)OC)c1N. The van der Waals surface area contributed by atoms with Crippen LogP contribution in [0.5, 0.6) is 0 Å². The molecule has 2 N–H and O–H groups in total. The molecule has 0 aliphatic heterocycles. The Morgan fingerprint density at radius 3 is 2.81 bits per heavy atom. The van der Waals surface area contributed by atoms with Gasteiger partial charge in [0.1, 0.15) is 0 Å². The molecule has 0 atom stereocenters. The normalized spacial score (nSPS) is 11.0. The van der Waals surface area contributed by atoms with Crippen molar-refractivity contribution in [2.45, 2.75) is 13.2 Å². The van der Waals surface area contributed by atoms with Crippen molar-refractivity contribution in [2.75, 3.05) is 26.6 Å². The van der Waals surface area contributed by atoms with Gasteiger partial charge in [0.2, 0.25) is 5.69 Å². The molecule has 0 bridgehead atoms. The minimum absolute atomic E-state index is 0.0135. The van der Waals surface area contributed by atoms with Gasteiger partial charge >= 0.3 is 5.97 Å². The van der Waals surface area contributed by atoms with Crippen LogP contribution in [0.4, 0.5) is 5.82 Å². The van der Waals surface area contributed by atoms with Crippen molar-refractivity contribution in [1.29, 1.82) is 0 Å². The molecule has 2 aromatic rings. The van der Waals surface area contributed by atoms with Crippen LogP contribution < -0.4 is 5.73 Å². The molecular formula is C12H16N4O4S. The molecule has 0 saturated heterocycles. The average molecular weight is 312 g/mol. The molecule has 21 heavy (non-hydrogen) atoms. The summed E-state index contributed by atoms with van der Waals surface area (Å²) in [6, 6.07) is 1.80. The number of rotatable bonds is 6. The number of aromatic nitrogens is 3. The fourth-order valence-electron chi connectivity index (χ4n) is 1.79. The predicted octanol–water partition coefficient (Wildman–Crippen LogP) is 1.38. The molecule has 114 valence electrons. The molecule has 0 aliphatic carbocycles. The van der Waals surface area contributed by atoms with E-state index in [-0.39, 0.29) is 18.1 Å². The maximum absolute atomic E-state index is 11.7. The molecule has 0 amide bonds. The lowest BCUT2D eigenvalue weighted by Crippen LogP contribution is -2.11. The van der Waals surface area contributed by atoms with Crippen molar-refractivity contribution < 1.29 is 19.0 Å². The molecule has 8 nitrogen and oxygen atoms in total. The van der Waals surface area contributed by atoms with Crippen LogP contribution in [0, 0.1) is 0 Å². The first kappa shape index (κ1) is 15.4. The average Bonchev–Trinajstić information content (AvgIpc) is 3.07. The second-order valence-corrected chi connectivity index (χ2v) is 4.88. The number of ether oxygens (including phenoxy) is 3. The van der Waals surface area contributed by atoms with Gasteiger partial charge in [-0.25, -0.2) is 4.79 Å². The van der Waals surface area contributed by atoms with Gasteiger partial charge in [-0.1, -0.05) is 5.21 Å². The lowest BCUT2D eigenvalue weighted by atomic mass is 10.3. The number of hydrogen-bond acceptors (Lipinski definition) is 8. The number of carbonyl (C=O) groups is 1. The van der Waals surface area contributed by atoms with E-state index in [1.165, 1.54) is 30.2 Å². The number of nitrogen functional groups attached to an aromatic ring is 1. The van der Waals surface area contributed by atoms with E-state index in [4.69, 9.17) is 19.9 Å². The van der Waals surface area contributed by atoms with Gasteiger partial charge in [0.15, 0.2) is 12.1 Å². The van der Waals surface area contributed by atoms with Crippen molar-refractivity contribution in [3.63, 3.8) is 0 Å². The highest BCUT2D eigenvalue weighted by molar-refractivity contribution is 7.10. The minimum Gasteiger partial charge on any atom is -0.461 e. The Kier molecular flexibility index (Phi) is 4.89. The highest BCUT2D eigenvalue weighted by atomic mass is 32.1. The predicted molar refractivity (Wildman–Crippen MR) is 76.4 cm³/mol. The third-order valence-electron chi connectivity index (χ3n) is 2.72. The van der Waals surface area contributed by atoms with E-state index in [1.54, 1.807) is 13.0 Å². The number of thiophene rings is 1. The van der Waals surface area contributed by atoms with Gasteiger partial charge in [0.25, 0.3) is 0 Å². The summed E-state index contributed by atoms with van der Waals surface area (Å²) in [6.45, 7) is 1.95. The molecule has 0 unspecified atom stereocenters. The fraction of sp³-hybridized carbons (Fsp3) is 0.417. The smallest absolute Gasteiger partial charge is 0.362 e. The number of nitrogens with zero attached hydrogens (tertiary/aromatic N) is 3. The topological polar surface area (TPSA) is 101 Å². The molecule has 0 aromatic carbocycles. The van der Waals surface area contributed by atoms with Crippen molar-refractivity contribution >= 4 is 23.1 Å². The largest absolute Gasteiger partial charge is 0.461 e. The zero-order valence-electron chi connectivity index (χ0n) is 11.9. The molecular weight excluding hydrogens is 296 g/mol. The standard InChI is InChI=1S/C12H16N4O4S/c1-4-20-11(17)8-10(13)16(15-14-8)7-5-6-21-9(7)12(18-2)19-3/h5-6,12H,4,13H2,1-3H3. The second kappa shape index (κ2) is 6.66.